The van der Waals surface area contributed by atoms with Crippen molar-refractivity contribution in [3.8, 4) is 0 Å². The molecule has 1 aromatic rings. The van der Waals surface area contributed by atoms with E-state index < -0.39 is 11.9 Å². The number of carbonyl (C=O) groups excluding carboxylic acids is 2. The predicted molar refractivity (Wildman–Crippen MR) is 89.9 cm³/mol. The predicted octanol–water partition coefficient (Wildman–Crippen LogP) is 2.64. The largest absolute Gasteiger partial charge is 0.459 e. The van der Waals surface area contributed by atoms with E-state index in [0.29, 0.717) is 12.2 Å². The van der Waals surface area contributed by atoms with Crippen LogP contribution in [0.3, 0.4) is 0 Å². The Morgan fingerprint density at radius 3 is 1.62 bits per heavy atom. The van der Waals surface area contributed by atoms with Crippen LogP contribution in [-0.2, 0) is 18.9 Å². The molecule has 2 aliphatic carbocycles. The average Bonchev–Trinajstić information content (AvgIpc) is 3.55. The van der Waals surface area contributed by atoms with E-state index in [1.54, 1.807) is 24.3 Å². The highest BCUT2D eigenvalue weighted by atomic mass is 16.6. The van der Waals surface area contributed by atoms with E-state index in [1.165, 1.54) is 0 Å². The van der Waals surface area contributed by atoms with Gasteiger partial charge in [0, 0.05) is 12.8 Å². The molecule has 2 saturated carbocycles. The highest BCUT2D eigenvalue weighted by molar-refractivity contribution is 6.03. The van der Waals surface area contributed by atoms with Crippen LogP contribution in [0.25, 0.3) is 0 Å². The van der Waals surface area contributed by atoms with Crippen molar-refractivity contribution in [3.05, 3.63) is 35.4 Å². The molecule has 0 aromatic heterocycles. The van der Waals surface area contributed by atoms with E-state index in [0.717, 1.165) is 38.5 Å². The first kappa shape index (κ1) is 16.3. The minimum atomic E-state index is -0.462. The lowest BCUT2D eigenvalue weighted by molar-refractivity contribution is 0.0182. The molecular formula is C20H22O6. The van der Waals surface area contributed by atoms with Crippen LogP contribution >= 0.6 is 0 Å². The van der Waals surface area contributed by atoms with Gasteiger partial charge in [0.2, 0.25) is 0 Å². The number of ether oxygens (including phenoxy) is 4. The fourth-order valence-electron chi connectivity index (χ4n) is 4.22. The van der Waals surface area contributed by atoms with Gasteiger partial charge in [0.05, 0.1) is 35.5 Å². The number of hydrogen-bond donors (Lipinski definition) is 0. The summed E-state index contributed by atoms with van der Waals surface area (Å²) in [5.41, 5.74) is 0.542. The lowest BCUT2D eigenvalue weighted by Gasteiger charge is -2.21. The van der Waals surface area contributed by atoms with Crippen LogP contribution in [0.5, 0.6) is 0 Å². The molecule has 0 spiro atoms. The fraction of sp³-hybridized carbons (Fsp3) is 0.600. The van der Waals surface area contributed by atoms with Crippen molar-refractivity contribution in [2.75, 3.05) is 0 Å². The van der Waals surface area contributed by atoms with Gasteiger partial charge in [0.25, 0.3) is 0 Å². The van der Waals surface area contributed by atoms with Gasteiger partial charge < -0.3 is 18.9 Å². The topological polar surface area (TPSA) is 77.7 Å². The molecule has 0 amide bonds. The van der Waals surface area contributed by atoms with E-state index >= 15 is 0 Å². The molecule has 4 aliphatic rings. The number of rotatable bonds is 4. The fourth-order valence-corrected chi connectivity index (χ4v) is 4.22. The van der Waals surface area contributed by atoms with Crippen LogP contribution < -0.4 is 0 Å². The molecule has 2 heterocycles. The first-order chi connectivity index (χ1) is 12.7. The average molecular weight is 358 g/mol. The van der Waals surface area contributed by atoms with E-state index in [1.807, 2.05) is 0 Å². The Balaban J connectivity index is 1.25. The lowest BCUT2D eigenvalue weighted by atomic mass is 9.97. The molecule has 1 aromatic carbocycles. The van der Waals surface area contributed by atoms with Crippen molar-refractivity contribution in [1.29, 1.82) is 0 Å². The Morgan fingerprint density at radius 2 is 1.19 bits per heavy atom. The van der Waals surface area contributed by atoms with Gasteiger partial charge in [-0.15, -0.1) is 0 Å². The van der Waals surface area contributed by atoms with Gasteiger partial charge in [-0.1, -0.05) is 12.1 Å². The van der Waals surface area contributed by atoms with Crippen LogP contribution in [0.4, 0.5) is 0 Å². The molecule has 5 rings (SSSR count). The molecule has 26 heavy (non-hydrogen) atoms. The number of esters is 2. The monoisotopic (exact) mass is 358 g/mol. The van der Waals surface area contributed by atoms with Gasteiger partial charge in [-0.25, -0.2) is 9.59 Å². The summed E-state index contributed by atoms with van der Waals surface area (Å²) in [6.45, 7) is 0. The third-order valence-corrected chi connectivity index (χ3v) is 5.83. The van der Waals surface area contributed by atoms with Crippen molar-refractivity contribution >= 4 is 11.9 Å². The molecule has 6 nitrogen and oxygen atoms in total. The second-order valence-corrected chi connectivity index (χ2v) is 7.65. The van der Waals surface area contributed by atoms with Gasteiger partial charge in [0.1, 0.15) is 12.2 Å². The Morgan fingerprint density at radius 1 is 0.731 bits per heavy atom. The summed E-state index contributed by atoms with van der Waals surface area (Å²) in [6, 6.07) is 6.72. The molecule has 0 bridgehead atoms. The lowest BCUT2D eigenvalue weighted by Crippen LogP contribution is -2.27. The highest BCUT2D eigenvalue weighted by Crippen LogP contribution is 2.39. The van der Waals surface area contributed by atoms with Gasteiger partial charge in [-0.2, -0.15) is 0 Å². The molecule has 2 saturated heterocycles. The zero-order chi connectivity index (χ0) is 17.7. The number of fused-ring (bicyclic) bond motifs is 2. The standard InChI is InChI=1S/C20H22O6/c21-19(23-11-5-7-15-17(9-11)25-15)13-3-1-2-4-14(13)20(22)24-12-6-8-16-18(10-12)26-16/h1-4,11-12,15-18H,5-10H2. The van der Waals surface area contributed by atoms with Crippen molar-refractivity contribution < 1.29 is 28.5 Å². The Bertz CT molecular complexity index is 670. The van der Waals surface area contributed by atoms with Crippen molar-refractivity contribution in [2.45, 2.75) is 75.1 Å². The van der Waals surface area contributed by atoms with Crippen molar-refractivity contribution in [3.63, 3.8) is 0 Å². The quantitative estimate of drug-likeness (QED) is 0.608. The molecule has 4 fully saturated rings. The third kappa shape index (κ3) is 3.23. The summed E-state index contributed by atoms with van der Waals surface area (Å²) >= 11 is 0. The second-order valence-electron chi connectivity index (χ2n) is 7.65. The minimum Gasteiger partial charge on any atom is -0.459 e. The van der Waals surface area contributed by atoms with Crippen LogP contribution in [0, 0.1) is 0 Å². The summed E-state index contributed by atoms with van der Waals surface area (Å²) < 4.78 is 22.2. The Kier molecular flexibility index (Phi) is 3.98. The molecular weight excluding hydrogens is 336 g/mol. The first-order valence-corrected chi connectivity index (χ1v) is 9.49. The second kappa shape index (κ2) is 6.35. The van der Waals surface area contributed by atoms with Crippen LogP contribution in [-0.4, -0.2) is 48.6 Å². The van der Waals surface area contributed by atoms with E-state index in [2.05, 4.69) is 0 Å². The summed E-state index contributed by atoms with van der Waals surface area (Å²) in [5.74, 6) is -0.924. The number of carbonyl (C=O) groups is 2. The zero-order valence-corrected chi connectivity index (χ0v) is 14.5. The maximum absolute atomic E-state index is 12.6. The molecule has 0 radical (unpaired) electrons. The van der Waals surface area contributed by atoms with Crippen LogP contribution in [0.15, 0.2) is 24.3 Å². The summed E-state index contributed by atoms with van der Waals surface area (Å²) in [5, 5.41) is 0. The first-order valence-electron chi connectivity index (χ1n) is 9.49. The smallest absolute Gasteiger partial charge is 0.339 e. The van der Waals surface area contributed by atoms with Gasteiger partial charge >= 0.3 is 11.9 Å². The molecule has 6 heteroatoms. The van der Waals surface area contributed by atoms with Gasteiger partial charge in [-0.3, -0.25) is 0 Å². The van der Waals surface area contributed by atoms with Gasteiger partial charge in [-0.05, 0) is 37.8 Å². The maximum atomic E-state index is 12.6. The number of epoxide rings is 2. The van der Waals surface area contributed by atoms with E-state index in [-0.39, 0.29) is 35.5 Å². The number of hydrogen-bond acceptors (Lipinski definition) is 6. The third-order valence-electron chi connectivity index (χ3n) is 5.83. The highest BCUT2D eigenvalue weighted by Gasteiger charge is 2.46. The molecule has 0 N–H and O–H groups in total. The van der Waals surface area contributed by atoms with Crippen molar-refractivity contribution in [1.82, 2.24) is 0 Å². The maximum Gasteiger partial charge on any atom is 0.339 e. The number of benzene rings is 1. The Hall–Kier alpha value is -1.92. The van der Waals surface area contributed by atoms with Crippen LogP contribution in [0.1, 0.15) is 59.2 Å². The minimum absolute atomic E-state index is 0.141. The SMILES string of the molecule is O=C(OC1CCC2OC2C1)c1ccccc1C(=O)OC1CCC2OC2C1. The Labute approximate surface area is 151 Å². The van der Waals surface area contributed by atoms with Gasteiger partial charge in [0.15, 0.2) is 0 Å². The zero-order valence-electron chi connectivity index (χ0n) is 14.5. The molecule has 6 atom stereocenters. The normalized spacial score (nSPS) is 37.1. The molecule has 138 valence electrons. The van der Waals surface area contributed by atoms with E-state index in [4.69, 9.17) is 18.9 Å². The summed E-state index contributed by atoms with van der Waals surface area (Å²) in [6.07, 6.45) is 5.88. The summed E-state index contributed by atoms with van der Waals surface area (Å²) in [4.78, 5) is 25.2. The van der Waals surface area contributed by atoms with Crippen LogP contribution in [0.2, 0.25) is 0 Å². The molecule has 2 aliphatic heterocycles. The van der Waals surface area contributed by atoms with E-state index in [9.17, 15) is 9.59 Å². The summed E-state index contributed by atoms with van der Waals surface area (Å²) in [7, 11) is 0. The van der Waals surface area contributed by atoms with Crippen molar-refractivity contribution in [2.24, 2.45) is 0 Å². The molecule has 6 unspecified atom stereocenters.